The van der Waals surface area contributed by atoms with Crippen LogP contribution in [0, 0.1) is 5.92 Å². The van der Waals surface area contributed by atoms with Crippen molar-refractivity contribution in [3.8, 4) is 0 Å². The van der Waals surface area contributed by atoms with Crippen molar-refractivity contribution in [1.29, 1.82) is 0 Å². The molecule has 0 bridgehead atoms. The monoisotopic (exact) mass is 443 g/mol. The highest BCUT2D eigenvalue weighted by Gasteiger charge is 2.58. The van der Waals surface area contributed by atoms with E-state index < -0.39 is 20.3 Å². The minimum absolute atomic E-state index is 0.0290. The van der Waals surface area contributed by atoms with Crippen LogP contribution in [0.3, 0.4) is 0 Å². The number of hydrogen-bond donors (Lipinski definition) is 0. The lowest BCUT2D eigenvalue weighted by Gasteiger charge is -2.48. The smallest absolute Gasteiger partial charge is 0.261 e. The number of benzene rings is 1. The van der Waals surface area contributed by atoms with Crippen molar-refractivity contribution >= 4 is 14.2 Å². The van der Waals surface area contributed by atoms with Gasteiger partial charge in [0.1, 0.15) is 0 Å². The van der Waals surface area contributed by atoms with Gasteiger partial charge in [-0.05, 0) is 42.5 Å². The maximum atomic E-state index is 13.9. The Kier molecular flexibility index (Phi) is 8.12. The van der Waals surface area contributed by atoms with Crippen molar-refractivity contribution in [3.63, 3.8) is 0 Å². The average molecular weight is 444 g/mol. The summed E-state index contributed by atoms with van der Waals surface area (Å²) in [5, 5.41) is -0.0290. The quantitative estimate of drug-likeness (QED) is 0.294. The number of carbonyl (C=O) groups excluding carboxylic acids is 1. The standard InChI is InChI=1S/C26H41NO3Si/c1-10-12-18-26(30-31(8,9)25(5,6)7)27(22(11-2)19-20(3)4)24(28)23(29-26)21-16-14-13-15-17-21/h10-11,13-17,20,22-23H,1-2,12,18-19H2,3-9H3/t22-,23+,26?/m1/s1. The van der Waals surface area contributed by atoms with E-state index in [4.69, 9.17) is 9.16 Å². The van der Waals surface area contributed by atoms with E-state index in [0.717, 1.165) is 12.0 Å². The Morgan fingerprint density at radius 1 is 1.23 bits per heavy atom. The van der Waals surface area contributed by atoms with Crippen molar-refractivity contribution in [1.82, 2.24) is 4.90 Å². The number of allylic oxidation sites excluding steroid dienone is 1. The summed E-state index contributed by atoms with van der Waals surface area (Å²) in [6.07, 6.45) is 5.07. The van der Waals surface area contributed by atoms with Crippen LogP contribution in [-0.2, 0) is 14.0 Å². The van der Waals surface area contributed by atoms with Crippen LogP contribution in [0.25, 0.3) is 0 Å². The number of nitrogens with zero attached hydrogens (tertiary/aromatic N) is 1. The molecule has 1 aliphatic heterocycles. The fourth-order valence-electron chi connectivity index (χ4n) is 3.77. The molecule has 1 heterocycles. The van der Waals surface area contributed by atoms with Gasteiger partial charge in [0.2, 0.25) is 5.91 Å². The highest BCUT2D eigenvalue weighted by molar-refractivity contribution is 6.74. The fourth-order valence-corrected chi connectivity index (χ4v) is 5.12. The van der Waals surface area contributed by atoms with Crippen molar-refractivity contribution < 1.29 is 14.0 Å². The number of amides is 1. The third kappa shape index (κ3) is 5.57. The van der Waals surface area contributed by atoms with Crippen LogP contribution in [-0.4, -0.2) is 31.1 Å². The summed E-state index contributed by atoms with van der Waals surface area (Å²) in [6.45, 7) is 23.3. The summed E-state index contributed by atoms with van der Waals surface area (Å²) in [6, 6.07) is 9.55. The second-order valence-corrected chi connectivity index (χ2v) is 15.2. The molecule has 5 heteroatoms. The Morgan fingerprint density at radius 2 is 1.84 bits per heavy atom. The van der Waals surface area contributed by atoms with Crippen LogP contribution in [0.15, 0.2) is 55.6 Å². The summed E-state index contributed by atoms with van der Waals surface area (Å²) in [4.78, 5) is 15.7. The molecule has 0 saturated carbocycles. The Hall–Kier alpha value is -1.69. The summed E-state index contributed by atoms with van der Waals surface area (Å²) in [7, 11) is -2.28. The molecule has 1 fully saturated rings. The molecule has 31 heavy (non-hydrogen) atoms. The van der Waals surface area contributed by atoms with Gasteiger partial charge in [-0.25, -0.2) is 0 Å². The molecule has 0 spiro atoms. The Labute approximate surface area is 190 Å². The molecule has 0 N–H and O–H groups in total. The number of carbonyl (C=O) groups is 1. The molecule has 0 aromatic heterocycles. The van der Waals surface area contributed by atoms with Gasteiger partial charge >= 0.3 is 0 Å². The zero-order valence-electron chi connectivity index (χ0n) is 20.5. The molecule has 1 saturated heterocycles. The van der Waals surface area contributed by atoms with E-state index in [1.165, 1.54) is 0 Å². The van der Waals surface area contributed by atoms with Crippen molar-refractivity contribution in [3.05, 3.63) is 61.2 Å². The van der Waals surface area contributed by atoms with E-state index in [0.29, 0.717) is 18.8 Å². The largest absolute Gasteiger partial charge is 0.374 e. The zero-order valence-corrected chi connectivity index (χ0v) is 21.5. The lowest BCUT2D eigenvalue weighted by Crippen LogP contribution is -2.59. The van der Waals surface area contributed by atoms with E-state index in [2.05, 4.69) is 60.9 Å². The van der Waals surface area contributed by atoms with Gasteiger partial charge in [-0.2, -0.15) is 0 Å². The third-order valence-electron chi connectivity index (χ3n) is 6.43. The fraction of sp³-hybridized carbons (Fsp3) is 0.577. The van der Waals surface area contributed by atoms with Crippen LogP contribution in [0.5, 0.6) is 0 Å². The van der Waals surface area contributed by atoms with Crippen molar-refractivity contribution in [2.45, 2.75) is 90.1 Å². The Morgan fingerprint density at radius 3 is 2.32 bits per heavy atom. The highest BCUT2D eigenvalue weighted by Crippen LogP contribution is 2.48. The minimum atomic E-state index is -2.28. The predicted octanol–water partition coefficient (Wildman–Crippen LogP) is 6.83. The van der Waals surface area contributed by atoms with Gasteiger partial charge in [0.25, 0.3) is 5.91 Å². The number of rotatable bonds is 10. The van der Waals surface area contributed by atoms with Gasteiger partial charge in [-0.1, -0.05) is 77.1 Å². The van der Waals surface area contributed by atoms with E-state index in [-0.39, 0.29) is 17.0 Å². The van der Waals surface area contributed by atoms with Crippen LogP contribution in [0.2, 0.25) is 18.1 Å². The average Bonchev–Trinajstić information content (AvgIpc) is 2.96. The molecule has 1 amide bonds. The first-order valence-electron chi connectivity index (χ1n) is 11.4. The molecule has 1 aromatic carbocycles. The second-order valence-electron chi connectivity index (χ2n) is 10.5. The van der Waals surface area contributed by atoms with Crippen LogP contribution < -0.4 is 0 Å². The summed E-state index contributed by atoms with van der Waals surface area (Å²) >= 11 is 0. The molecule has 4 nitrogen and oxygen atoms in total. The molecule has 0 radical (unpaired) electrons. The summed E-state index contributed by atoms with van der Waals surface area (Å²) < 4.78 is 13.6. The molecule has 1 aliphatic rings. The molecule has 172 valence electrons. The minimum Gasteiger partial charge on any atom is -0.374 e. The number of ether oxygens (including phenoxy) is 1. The van der Waals surface area contributed by atoms with Gasteiger partial charge in [0.15, 0.2) is 14.4 Å². The maximum Gasteiger partial charge on any atom is 0.261 e. The SMILES string of the molecule is C=CCCC1(O[Si](C)(C)C(C)(C)C)O[C@@H](c2ccccc2)C(=O)N1[C@H](C=C)CC(C)C. The number of hydrogen-bond acceptors (Lipinski definition) is 3. The van der Waals surface area contributed by atoms with Gasteiger partial charge in [-0.3, -0.25) is 9.69 Å². The molecule has 2 rings (SSSR count). The first-order valence-corrected chi connectivity index (χ1v) is 14.3. The normalized spacial score (nSPS) is 23.3. The Balaban J connectivity index is 2.63. The first kappa shape index (κ1) is 25.6. The lowest BCUT2D eigenvalue weighted by molar-refractivity contribution is -0.254. The topological polar surface area (TPSA) is 38.8 Å². The van der Waals surface area contributed by atoms with E-state index in [9.17, 15) is 4.79 Å². The van der Waals surface area contributed by atoms with Gasteiger partial charge in [0.05, 0.1) is 6.04 Å². The molecular weight excluding hydrogens is 402 g/mol. The van der Waals surface area contributed by atoms with Gasteiger partial charge in [-0.15, -0.1) is 13.2 Å². The van der Waals surface area contributed by atoms with E-state index >= 15 is 0 Å². The van der Waals surface area contributed by atoms with Crippen molar-refractivity contribution in [2.24, 2.45) is 5.92 Å². The lowest BCUT2D eigenvalue weighted by atomic mass is 10.0. The van der Waals surface area contributed by atoms with Gasteiger partial charge in [0, 0.05) is 6.42 Å². The highest BCUT2D eigenvalue weighted by atomic mass is 28.4. The molecule has 3 atom stereocenters. The summed E-state index contributed by atoms with van der Waals surface area (Å²) in [5.74, 6) is -0.793. The van der Waals surface area contributed by atoms with Gasteiger partial charge < -0.3 is 9.16 Å². The molecule has 0 aliphatic carbocycles. The molecule has 1 aromatic rings. The second kappa shape index (κ2) is 9.84. The van der Waals surface area contributed by atoms with Crippen molar-refractivity contribution in [2.75, 3.05) is 0 Å². The molecule has 1 unspecified atom stereocenters. The maximum absolute atomic E-state index is 13.9. The van der Waals surface area contributed by atoms with Crippen LogP contribution in [0.4, 0.5) is 0 Å². The molecular formula is C26H41NO3Si. The van der Waals surface area contributed by atoms with Crippen LogP contribution in [0.1, 0.15) is 65.5 Å². The zero-order chi connectivity index (χ0) is 23.4. The van der Waals surface area contributed by atoms with E-state index in [1.54, 1.807) is 0 Å². The predicted molar refractivity (Wildman–Crippen MR) is 131 cm³/mol. The Bertz CT molecular complexity index is 769. The third-order valence-corrected chi connectivity index (χ3v) is 10.9. The van der Waals surface area contributed by atoms with E-state index in [1.807, 2.05) is 47.4 Å². The summed E-state index contributed by atoms with van der Waals surface area (Å²) in [5.41, 5.74) is 0.851. The van der Waals surface area contributed by atoms with Crippen LogP contribution >= 0.6 is 0 Å². The first-order chi connectivity index (χ1) is 14.4.